The van der Waals surface area contributed by atoms with Gasteiger partial charge in [-0.25, -0.2) is 10.9 Å². The van der Waals surface area contributed by atoms with Crippen LogP contribution >= 0.6 is 0 Å². The Labute approximate surface area is 114 Å². The third-order valence-corrected chi connectivity index (χ3v) is 4.05. The van der Waals surface area contributed by atoms with Crippen LogP contribution in [-0.4, -0.2) is 5.78 Å². The molecule has 0 radical (unpaired) electrons. The van der Waals surface area contributed by atoms with Gasteiger partial charge in [0.05, 0.1) is 0 Å². The zero-order valence-corrected chi connectivity index (χ0v) is 12.2. The van der Waals surface area contributed by atoms with Gasteiger partial charge in [0, 0.05) is 6.42 Å². The number of nitrogens with one attached hydrogen (secondary N) is 4. The number of hydrogen-bond acceptors (Lipinski definition) is 5. The van der Waals surface area contributed by atoms with E-state index in [1.54, 1.807) is 6.92 Å². The Balaban J connectivity index is 2.59. The third-order valence-electron chi connectivity index (χ3n) is 4.05. The molecule has 5 heteroatoms. The number of carbonyl (C=O) groups excluding carboxylic acids is 1. The SMILES string of the molecule is CC(=O)Cc1c(C)c(C)c(C)c(C2NNNN2)c1C. The van der Waals surface area contributed by atoms with Crippen LogP contribution in [-0.2, 0) is 11.2 Å². The molecule has 1 aromatic rings. The largest absolute Gasteiger partial charge is 0.300 e. The van der Waals surface area contributed by atoms with Crippen LogP contribution in [0.25, 0.3) is 0 Å². The molecule has 5 nitrogen and oxygen atoms in total. The number of rotatable bonds is 3. The van der Waals surface area contributed by atoms with Crippen molar-refractivity contribution in [2.24, 2.45) is 0 Å². The van der Waals surface area contributed by atoms with Crippen molar-refractivity contribution in [1.29, 1.82) is 0 Å². The summed E-state index contributed by atoms with van der Waals surface area (Å²) in [5, 5.41) is 0. The molecular formula is C14H22N4O. The highest BCUT2D eigenvalue weighted by Crippen LogP contribution is 2.30. The normalized spacial score (nSPS) is 16.1. The van der Waals surface area contributed by atoms with Crippen molar-refractivity contribution >= 4 is 5.78 Å². The van der Waals surface area contributed by atoms with Crippen molar-refractivity contribution in [3.8, 4) is 0 Å². The zero-order chi connectivity index (χ0) is 14.2. The second kappa shape index (κ2) is 5.38. The van der Waals surface area contributed by atoms with E-state index in [1.165, 1.54) is 27.8 Å². The predicted octanol–water partition coefficient (Wildman–Crippen LogP) is 1.17. The van der Waals surface area contributed by atoms with Gasteiger partial charge >= 0.3 is 0 Å². The smallest absolute Gasteiger partial charge is 0.134 e. The number of Topliss-reactive ketones (excluding diaryl/α,β-unsaturated/α-hetero) is 1. The van der Waals surface area contributed by atoms with Crippen molar-refractivity contribution in [2.45, 2.75) is 47.2 Å². The van der Waals surface area contributed by atoms with E-state index in [4.69, 9.17) is 0 Å². The Bertz CT molecular complexity index is 519. The van der Waals surface area contributed by atoms with Crippen LogP contribution in [0, 0.1) is 27.7 Å². The molecule has 1 aromatic carbocycles. The zero-order valence-electron chi connectivity index (χ0n) is 12.2. The van der Waals surface area contributed by atoms with E-state index in [2.05, 4.69) is 49.6 Å². The van der Waals surface area contributed by atoms with Crippen LogP contribution in [0.15, 0.2) is 0 Å². The first kappa shape index (κ1) is 14.1. The van der Waals surface area contributed by atoms with Crippen molar-refractivity contribution in [3.05, 3.63) is 33.4 Å². The number of hydrogen-bond donors (Lipinski definition) is 4. The summed E-state index contributed by atoms with van der Waals surface area (Å²) in [6.07, 6.45) is 0.504. The molecule has 1 aliphatic rings. The molecule has 0 unspecified atom stereocenters. The van der Waals surface area contributed by atoms with E-state index in [1.807, 2.05) is 0 Å². The average Bonchev–Trinajstić information content (AvgIpc) is 2.86. The highest BCUT2D eigenvalue weighted by atomic mass is 16.1. The summed E-state index contributed by atoms with van der Waals surface area (Å²) in [6.45, 7) is 10.1. The highest BCUT2D eigenvalue weighted by molar-refractivity contribution is 5.79. The van der Waals surface area contributed by atoms with E-state index in [0.29, 0.717) is 6.42 Å². The Hall–Kier alpha value is -1.27. The van der Waals surface area contributed by atoms with Crippen LogP contribution < -0.4 is 21.9 Å². The van der Waals surface area contributed by atoms with Crippen LogP contribution in [0.2, 0.25) is 0 Å². The van der Waals surface area contributed by atoms with E-state index in [9.17, 15) is 4.79 Å². The second-order valence-corrected chi connectivity index (χ2v) is 5.24. The number of ketones is 1. The van der Waals surface area contributed by atoms with Gasteiger partial charge < -0.3 is 0 Å². The molecular weight excluding hydrogens is 240 g/mol. The Kier molecular flexibility index (Phi) is 4.01. The van der Waals surface area contributed by atoms with Gasteiger partial charge in [0.1, 0.15) is 11.9 Å². The molecule has 0 bridgehead atoms. The summed E-state index contributed by atoms with van der Waals surface area (Å²) < 4.78 is 0. The predicted molar refractivity (Wildman–Crippen MR) is 75.1 cm³/mol. The quantitative estimate of drug-likeness (QED) is 0.658. The van der Waals surface area contributed by atoms with Crippen LogP contribution in [0.1, 0.15) is 46.5 Å². The van der Waals surface area contributed by atoms with Gasteiger partial charge in [-0.3, -0.25) is 4.79 Å². The minimum absolute atomic E-state index is 0.00464. The van der Waals surface area contributed by atoms with E-state index in [-0.39, 0.29) is 11.9 Å². The lowest BCUT2D eigenvalue weighted by Gasteiger charge is -2.23. The molecule has 1 aliphatic heterocycles. The Morgan fingerprint density at radius 2 is 1.53 bits per heavy atom. The lowest BCUT2D eigenvalue weighted by molar-refractivity contribution is -0.116. The van der Waals surface area contributed by atoms with Crippen LogP contribution in [0.3, 0.4) is 0 Å². The fraction of sp³-hybridized carbons (Fsp3) is 0.500. The molecule has 0 saturated carbocycles. The van der Waals surface area contributed by atoms with Crippen LogP contribution in [0.4, 0.5) is 0 Å². The average molecular weight is 262 g/mol. The first-order valence-corrected chi connectivity index (χ1v) is 6.53. The second-order valence-electron chi connectivity index (χ2n) is 5.24. The van der Waals surface area contributed by atoms with Gasteiger partial charge in [0.15, 0.2) is 0 Å². The van der Waals surface area contributed by atoms with Crippen molar-refractivity contribution < 1.29 is 4.79 Å². The summed E-state index contributed by atoms with van der Waals surface area (Å²) in [4.78, 5) is 11.5. The number of carbonyl (C=O) groups is 1. The topological polar surface area (TPSA) is 65.2 Å². The van der Waals surface area contributed by atoms with Gasteiger partial charge in [0.25, 0.3) is 0 Å². The summed E-state index contributed by atoms with van der Waals surface area (Å²) in [5.74, 6) is 0.198. The minimum atomic E-state index is 0.00464. The first-order chi connectivity index (χ1) is 8.93. The van der Waals surface area contributed by atoms with E-state index < -0.39 is 0 Å². The Morgan fingerprint density at radius 1 is 0.947 bits per heavy atom. The molecule has 1 saturated heterocycles. The molecule has 1 heterocycles. The molecule has 19 heavy (non-hydrogen) atoms. The van der Waals surface area contributed by atoms with Crippen molar-refractivity contribution in [1.82, 2.24) is 21.9 Å². The third kappa shape index (κ3) is 2.55. The van der Waals surface area contributed by atoms with Gasteiger partial charge in [-0.05, 0) is 68.0 Å². The molecule has 0 spiro atoms. The van der Waals surface area contributed by atoms with Crippen molar-refractivity contribution in [2.75, 3.05) is 0 Å². The molecule has 0 aliphatic carbocycles. The minimum Gasteiger partial charge on any atom is -0.300 e. The Morgan fingerprint density at radius 3 is 2.05 bits per heavy atom. The lowest BCUT2D eigenvalue weighted by atomic mass is 9.86. The summed E-state index contributed by atoms with van der Waals surface area (Å²) in [5.41, 5.74) is 19.2. The molecule has 0 atom stereocenters. The summed E-state index contributed by atoms with van der Waals surface area (Å²) in [7, 11) is 0. The highest BCUT2D eigenvalue weighted by Gasteiger charge is 2.23. The molecule has 4 N–H and O–H groups in total. The van der Waals surface area contributed by atoms with Crippen LogP contribution in [0.5, 0.6) is 0 Å². The number of benzene rings is 1. The first-order valence-electron chi connectivity index (χ1n) is 6.53. The van der Waals surface area contributed by atoms with Gasteiger partial charge in [0.2, 0.25) is 0 Å². The monoisotopic (exact) mass is 262 g/mol. The van der Waals surface area contributed by atoms with E-state index in [0.717, 1.165) is 5.56 Å². The fourth-order valence-electron chi connectivity index (χ4n) is 2.78. The fourth-order valence-corrected chi connectivity index (χ4v) is 2.78. The maximum absolute atomic E-state index is 11.5. The summed E-state index contributed by atoms with van der Waals surface area (Å²) >= 11 is 0. The van der Waals surface area contributed by atoms with Gasteiger partial charge in [-0.2, -0.15) is 11.1 Å². The number of hydrazine groups is 3. The lowest BCUT2D eigenvalue weighted by Crippen LogP contribution is -2.33. The van der Waals surface area contributed by atoms with Gasteiger partial charge in [-0.15, -0.1) is 0 Å². The molecule has 0 amide bonds. The molecule has 1 fully saturated rings. The van der Waals surface area contributed by atoms with E-state index >= 15 is 0 Å². The molecule has 2 rings (SSSR count). The maximum Gasteiger partial charge on any atom is 0.134 e. The summed E-state index contributed by atoms with van der Waals surface area (Å²) in [6, 6.07) is 0. The maximum atomic E-state index is 11.5. The van der Waals surface area contributed by atoms with Gasteiger partial charge in [-0.1, -0.05) is 0 Å². The molecule has 0 aromatic heterocycles. The standard InChI is InChI=1S/C14H22N4O/c1-7(19)6-12-9(3)8(2)10(4)13(11(12)5)14-15-17-18-16-14/h14-18H,6H2,1-5H3. The molecule has 104 valence electrons. The van der Waals surface area contributed by atoms with Crippen molar-refractivity contribution in [3.63, 3.8) is 0 Å².